The highest BCUT2D eigenvalue weighted by Crippen LogP contribution is 2.44. The van der Waals surface area contributed by atoms with Crippen LogP contribution in [0.2, 0.25) is 0 Å². The summed E-state index contributed by atoms with van der Waals surface area (Å²) in [6.45, 7) is 5.06. The number of benzene rings is 1. The van der Waals surface area contributed by atoms with E-state index in [-0.39, 0.29) is 22.4 Å². The van der Waals surface area contributed by atoms with E-state index in [0.29, 0.717) is 31.0 Å². The summed E-state index contributed by atoms with van der Waals surface area (Å²) < 4.78 is 10.7. The molecule has 2 rings (SSSR count). The van der Waals surface area contributed by atoms with E-state index in [2.05, 4.69) is 0 Å². The van der Waals surface area contributed by atoms with Crippen LogP contribution in [0.3, 0.4) is 0 Å². The fraction of sp³-hybridized carbons (Fsp3) is 0.579. The predicted octanol–water partition coefficient (Wildman–Crippen LogP) is 2.92. The molecule has 1 fully saturated rings. The Bertz CT molecular complexity index is 652. The van der Waals surface area contributed by atoms with Gasteiger partial charge in [0.2, 0.25) is 11.8 Å². The van der Waals surface area contributed by atoms with E-state index in [1.807, 2.05) is 36.9 Å². The van der Waals surface area contributed by atoms with Gasteiger partial charge in [-0.15, -0.1) is 11.8 Å². The van der Waals surface area contributed by atoms with E-state index in [1.165, 1.54) is 0 Å². The lowest BCUT2D eigenvalue weighted by Gasteiger charge is -2.26. The first-order chi connectivity index (χ1) is 12.4. The Labute approximate surface area is 159 Å². The third-order valence-corrected chi connectivity index (χ3v) is 5.95. The summed E-state index contributed by atoms with van der Waals surface area (Å²) in [5.41, 5.74) is 1.02. The molecule has 0 aromatic heterocycles. The molecule has 7 heteroatoms. The zero-order chi connectivity index (χ0) is 19.3. The minimum Gasteiger partial charge on any atom is -0.493 e. The summed E-state index contributed by atoms with van der Waals surface area (Å²) in [7, 11) is 5.02. The van der Waals surface area contributed by atoms with Crippen LogP contribution in [-0.4, -0.2) is 61.2 Å². The van der Waals surface area contributed by atoms with Gasteiger partial charge in [-0.05, 0) is 31.0 Å². The first kappa shape index (κ1) is 20.4. The van der Waals surface area contributed by atoms with Gasteiger partial charge in [-0.2, -0.15) is 0 Å². The topological polar surface area (TPSA) is 59.1 Å². The van der Waals surface area contributed by atoms with E-state index < -0.39 is 0 Å². The van der Waals surface area contributed by atoms with Gasteiger partial charge < -0.3 is 19.3 Å². The standard InChI is InChI=1S/C19H28N2O4S/c1-6-17(22)20(3)10-7-11-21-18(23)13(2)26-19(21)14-8-9-15(24-4)16(12-14)25-5/h8-9,12-13,19H,6-7,10-11H2,1-5H3/t13-,19-/m1/s1. The molecule has 2 atom stereocenters. The lowest BCUT2D eigenvalue weighted by molar-refractivity contribution is -0.130. The van der Waals surface area contributed by atoms with Gasteiger partial charge in [-0.25, -0.2) is 0 Å². The lowest BCUT2D eigenvalue weighted by atomic mass is 10.1. The second-order valence-corrected chi connectivity index (χ2v) is 7.72. The maximum Gasteiger partial charge on any atom is 0.236 e. The minimum atomic E-state index is -0.0805. The SMILES string of the molecule is CCC(=O)N(C)CCCN1C(=O)[C@@H](C)S[C@@H]1c1ccc(OC)c(OC)c1. The van der Waals surface area contributed by atoms with Crippen LogP contribution in [0.15, 0.2) is 18.2 Å². The van der Waals surface area contributed by atoms with Gasteiger partial charge in [-0.3, -0.25) is 9.59 Å². The number of ether oxygens (including phenoxy) is 2. The van der Waals surface area contributed by atoms with Crippen molar-refractivity contribution in [3.05, 3.63) is 23.8 Å². The Hall–Kier alpha value is -1.89. The zero-order valence-electron chi connectivity index (χ0n) is 16.2. The number of rotatable bonds is 8. The van der Waals surface area contributed by atoms with Crippen LogP contribution in [0.5, 0.6) is 11.5 Å². The molecule has 6 nitrogen and oxygen atoms in total. The molecule has 144 valence electrons. The molecule has 26 heavy (non-hydrogen) atoms. The maximum atomic E-state index is 12.6. The molecular formula is C19H28N2O4S. The molecule has 0 bridgehead atoms. The second kappa shape index (κ2) is 9.16. The van der Waals surface area contributed by atoms with Gasteiger partial charge in [0, 0.05) is 26.6 Å². The normalized spacial score (nSPS) is 19.6. The predicted molar refractivity (Wildman–Crippen MR) is 104 cm³/mol. The molecule has 0 aliphatic carbocycles. The van der Waals surface area contributed by atoms with E-state index in [9.17, 15) is 9.59 Å². The van der Waals surface area contributed by atoms with Gasteiger partial charge in [0.15, 0.2) is 11.5 Å². The molecule has 0 spiro atoms. The highest BCUT2D eigenvalue weighted by Gasteiger charge is 2.38. The van der Waals surface area contributed by atoms with Crippen molar-refractivity contribution in [3.63, 3.8) is 0 Å². The van der Waals surface area contributed by atoms with Crippen molar-refractivity contribution in [1.29, 1.82) is 0 Å². The monoisotopic (exact) mass is 380 g/mol. The van der Waals surface area contributed by atoms with Crippen molar-refractivity contribution in [2.75, 3.05) is 34.4 Å². The minimum absolute atomic E-state index is 0.0514. The summed E-state index contributed by atoms with van der Waals surface area (Å²) in [5, 5.41) is -0.132. The Morgan fingerprint density at radius 1 is 1.27 bits per heavy atom. The number of hydrogen-bond acceptors (Lipinski definition) is 5. The number of nitrogens with zero attached hydrogens (tertiary/aromatic N) is 2. The first-order valence-corrected chi connectivity index (χ1v) is 9.79. The highest BCUT2D eigenvalue weighted by atomic mass is 32.2. The summed E-state index contributed by atoms with van der Waals surface area (Å²) in [6, 6.07) is 5.78. The number of amides is 2. The van der Waals surface area contributed by atoms with Gasteiger partial charge in [0.1, 0.15) is 5.37 Å². The van der Waals surface area contributed by atoms with Crippen molar-refractivity contribution < 1.29 is 19.1 Å². The smallest absolute Gasteiger partial charge is 0.236 e. The number of carbonyl (C=O) groups is 2. The Morgan fingerprint density at radius 3 is 2.58 bits per heavy atom. The number of carbonyl (C=O) groups excluding carboxylic acids is 2. The molecule has 2 amide bonds. The molecule has 1 aromatic rings. The van der Waals surface area contributed by atoms with Gasteiger partial charge in [0.05, 0.1) is 19.5 Å². The van der Waals surface area contributed by atoms with E-state index >= 15 is 0 Å². The Kier molecular flexibility index (Phi) is 7.20. The van der Waals surface area contributed by atoms with Crippen molar-refractivity contribution in [2.24, 2.45) is 0 Å². The van der Waals surface area contributed by atoms with E-state index in [4.69, 9.17) is 9.47 Å². The van der Waals surface area contributed by atoms with E-state index in [1.54, 1.807) is 37.9 Å². The molecule has 0 unspecified atom stereocenters. The summed E-state index contributed by atoms with van der Waals surface area (Å²) in [6.07, 6.45) is 1.26. The first-order valence-electron chi connectivity index (χ1n) is 8.84. The van der Waals surface area contributed by atoms with Crippen LogP contribution in [0.25, 0.3) is 0 Å². The molecule has 1 aromatic carbocycles. The fourth-order valence-electron chi connectivity index (χ4n) is 3.04. The summed E-state index contributed by atoms with van der Waals surface area (Å²) >= 11 is 1.64. The van der Waals surface area contributed by atoms with Crippen LogP contribution in [0.1, 0.15) is 37.6 Å². The van der Waals surface area contributed by atoms with Gasteiger partial charge in [-0.1, -0.05) is 13.0 Å². The highest BCUT2D eigenvalue weighted by molar-refractivity contribution is 8.01. The second-order valence-electron chi connectivity index (χ2n) is 6.30. The largest absolute Gasteiger partial charge is 0.493 e. The number of methoxy groups -OCH3 is 2. The van der Waals surface area contributed by atoms with Crippen LogP contribution in [-0.2, 0) is 9.59 Å². The Morgan fingerprint density at radius 2 is 1.96 bits per heavy atom. The molecule has 1 saturated heterocycles. The zero-order valence-corrected chi connectivity index (χ0v) is 17.0. The van der Waals surface area contributed by atoms with Crippen molar-refractivity contribution >= 4 is 23.6 Å². The molecule has 1 aliphatic heterocycles. The molecule has 1 aliphatic rings. The van der Waals surface area contributed by atoms with Crippen molar-refractivity contribution in [1.82, 2.24) is 9.80 Å². The quantitative estimate of drug-likeness (QED) is 0.694. The van der Waals surface area contributed by atoms with Crippen molar-refractivity contribution in [3.8, 4) is 11.5 Å². The molecular weight excluding hydrogens is 352 g/mol. The Balaban J connectivity index is 2.11. The van der Waals surface area contributed by atoms with Crippen LogP contribution < -0.4 is 9.47 Å². The van der Waals surface area contributed by atoms with Gasteiger partial charge >= 0.3 is 0 Å². The summed E-state index contributed by atoms with van der Waals surface area (Å²) in [5.74, 6) is 1.59. The fourth-order valence-corrected chi connectivity index (χ4v) is 4.34. The maximum absolute atomic E-state index is 12.6. The van der Waals surface area contributed by atoms with Crippen LogP contribution in [0.4, 0.5) is 0 Å². The van der Waals surface area contributed by atoms with Crippen LogP contribution in [0, 0.1) is 0 Å². The number of hydrogen-bond donors (Lipinski definition) is 0. The molecule has 0 radical (unpaired) electrons. The van der Waals surface area contributed by atoms with Crippen molar-refractivity contribution in [2.45, 2.75) is 37.3 Å². The molecule has 1 heterocycles. The molecule has 0 N–H and O–H groups in total. The van der Waals surface area contributed by atoms with Gasteiger partial charge in [0.25, 0.3) is 0 Å². The third-order valence-electron chi connectivity index (χ3n) is 4.56. The lowest BCUT2D eigenvalue weighted by Crippen LogP contribution is -2.34. The van der Waals surface area contributed by atoms with E-state index in [0.717, 1.165) is 12.0 Å². The third kappa shape index (κ3) is 4.44. The average molecular weight is 381 g/mol. The molecule has 0 saturated carbocycles. The van der Waals surface area contributed by atoms with Crippen LogP contribution >= 0.6 is 11.8 Å². The number of thioether (sulfide) groups is 1. The average Bonchev–Trinajstić information content (AvgIpc) is 2.94. The summed E-state index contributed by atoms with van der Waals surface area (Å²) in [4.78, 5) is 27.9.